The second-order valence-corrected chi connectivity index (χ2v) is 5.72. The minimum atomic E-state index is -1.03. The number of ether oxygens (including phenoxy) is 1. The topological polar surface area (TPSA) is 75.6 Å². The van der Waals surface area contributed by atoms with Gasteiger partial charge in [-0.15, -0.1) is 0 Å². The third-order valence-electron chi connectivity index (χ3n) is 3.34. The smallest absolute Gasteiger partial charge is 0.309 e. The van der Waals surface area contributed by atoms with Crippen molar-refractivity contribution < 1.29 is 19.4 Å². The molecule has 2 N–H and O–H groups in total. The molecule has 21 heavy (non-hydrogen) atoms. The summed E-state index contributed by atoms with van der Waals surface area (Å²) < 4.78 is 5.36. The molecule has 0 aliphatic carbocycles. The molecule has 1 saturated heterocycles. The molecule has 0 spiro atoms. The van der Waals surface area contributed by atoms with Gasteiger partial charge in [0.15, 0.2) is 0 Å². The van der Waals surface area contributed by atoms with E-state index in [1.54, 1.807) is 12.1 Å². The van der Waals surface area contributed by atoms with Gasteiger partial charge in [-0.3, -0.25) is 9.59 Å². The third-order valence-corrected chi connectivity index (χ3v) is 3.89. The summed E-state index contributed by atoms with van der Waals surface area (Å²) in [5, 5.41) is 12.6. The highest BCUT2D eigenvalue weighted by atomic mass is 35.5. The van der Waals surface area contributed by atoms with Gasteiger partial charge >= 0.3 is 5.97 Å². The maximum Gasteiger partial charge on any atom is 0.309 e. The number of carbonyl (C=O) groups excluding carboxylic acids is 1. The molecule has 114 valence electrons. The Morgan fingerprint density at radius 1 is 1.43 bits per heavy atom. The van der Waals surface area contributed by atoms with E-state index >= 15 is 0 Å². The summed E-state index contributed by atoms with van der Waals surface area (Å²) in [4.78, 5) is 23.3. The zero-order valence-electron chi connectivity index (χ0n) is 11.1. The number of amides is 1. The van der Waals surface area contributed by atoms with Crippen LogP contribution in [0.2, 0.25) is 10.0 Å². The summed E-state index contributed by atoms with van der Waals surface area (Å²) in [5.41, 5.74) is 0.405. The van der Waals surface area contributed by atoms with Crippen LogP contribution in [0, 0.1) is 5.92 Å². The van der Waals surface area contributed by atoms with Crippen LogP contribution in [-0.4, -0.2) is 29.7 Å². The van der Waals surface area contributed by atoms with Crippen LogP contribution in [-0.2, 0) is 14.3 Å². The highest BCUT2D eigenvalue weighted by Gasteiger charge is 2.33. The zero-order chi connectivity index (χ0) is 15.4. The fourth-order valence-electron chi connectivity index (χ4n) is 2.29. The van der Waals surface area contributed by atoms with Gasteiger partial charge < -0.3 is 15.2 Å². The number of hydrogen-bond donors (Lipinski definition) is 2. The fraction of sp³-hybridized carbons (Fsp3) is 0.429. The highest BCUT2D eigenvalue weighted by molar-refractivity contribution is 6.36. The van der Waals surface area contributed by atoms with E-state index in [9.17, 15) is 14.7 Å². The molecule has 1 aromatic carbocycles. The normalized spacial score (nSPS) is 19.2. The van der Waals surface area contributed by atoms with Crippen molar-refractivity contribution in [3.8, 4) is 0 Å². The zero-order valence-corrected chi connectivity index (χ0v) is 12.7. The van der Waals surface area contributed by atoms with Crippen LogP contribution < -0.4 is 5.32 Å². The van der Waals surface area contributed by atoms with Gasteiger partial charge in [0.2, 0.25) is 5.91 Å². The van der Waals surface area contributed by atoms with E-state index in [2.05, 4.69) is 5.32 Å². The Kier molecular flexibility index (Phi) is 5.45. The first-order chi connectivity index (χ1) is 9.97. The van der Waals surface area contributed by atoms with Crippen molar-refractivity contribution in [2.75, 3.05) is 11.9 Å². The summed E-state index contributed by atoms with van der Waals surface area (Å²) in [7, 11) is 0. The molecule has 1 aromatic rings. The number of carboxylic acids is 1. The Balaban J connectivity index is 2.00. The second-order valence-electron chi connectivity index (χ2n) is 4.87. The predicted octanol–water partition coefficient (Wildman–Crippen LogP) is 3.20. The monoisotopic (exact) mass is 331 g/mol. The number of rotatable bonds is 5. The van der Waals surface area contributed by atoms with E-state index in [0.29, 0.717) is 28.8 Å². The molecule has 2 atom stereocenters. The van der Waals surface area contributed by atoms with E-state index in [-0.39, 0.29) is 6.42 Å². The first kappa shape index (κ1) is 16.1. The Morgan fingerprint density at radius 2 is 2.19 bits per heavy atom. The Morgan fingerprint density at radius 3 is 2.76 bits per heavy atom. The largest absolute Gasteiger partial charge is 0.481 e. The van der Waals surface area contributed by atoms with E-state index in [1.165, 1.54) is 6.07 Å². The average molecular weight is 332 g/mol. The minimum absolute atomic E-state index is 0.154. The molecule has 0 aromatic heterocycles. The predicted molar refractivity (Wildman–Crippen MR) is 79.8 cm³/mol. The lowest BCUT2D eigenvalue weighted by Crippen LogP contribution is -2.31. The van der Waals surface area contributed by atoms with E-state index in [0.717, 1.165) is 6.42 Å². The van der Waals surface area contributed by atoms with Crippen molar-refractivity contribution >= 4 is 40.8 Å². The van der Waals surface area contributed by atoms with Crippen LogP contribution in [0.15, 0.2) is 18.2 Å². The minimum Gasteiger partial charge on any atom is -0.481 e. The third kappa shape index (κ3) is 4.33. The number of anilines is 1. The molecule has 1 aliphatic heterocycles. The molecule has 1 fully saturated rings. The van der Waals surface area contributed by atoms with E-state index in [1.807, 2.05) is 0 Å². The number of carboxylic acid groups (broad SMARTS) is 1. The SMILES string of the molecule is O=C(C[C@@H](C(=O)O)[C@H]1CCCO1)Nc1ccc(Cl)cc1Cl. The molecule has 1 heterocycles. The summed E-state index contributed by atoms with van der Waals surface area (Å²) >= 11 is 11.7. The molecule has 0 radical (unpaired) electrons. The van der Waals surface area contributed by atoms with E-state index in [4.69, 9.17) is 27.9 Å². The van der Waals surface area contributed by atoms with Gasteiger partial charge in [-0.05, 0) is 31.0 Å². The lowest BCUT2D eigenvalue weighted by atomic mass is 9.96. The summed E-state index contributed by atoms with van der Waals surface area (Å²) in [6.07, 6.45) is 0.915. The van der Waals surface area contributed by atoms with Gasteiger partial charge in [-0.1, -0.05) is 23.2 Å². The number of halogens is 2. The molecule has 1 amide bonds. The van der Waals surface area contributed by atoms with Crippen molar-refractivity contribution in [3.63, 3.8) is 0 Å². The van der Waals surface area contributed by atoms with Crippen molar-refractivity contribution in [2.24, 2.45) is 5.92 Å². The first-order valence-electron chi connectivity index (χ1n) is 6.56. The van der Waals surface area contributed by atoms with Gasteiger partial charge in [0.25, 0.3) is 0 Å². The van der Waals surface area contributed by atoms with Gasteiger partial charge in [0, 0.05) is 18.1 Å². The number of nitrogens with one attached hydrogen (secondary N) is 1. The number of aliphatic carboxylic acids is 1. The van der Waals surface area contributed by atoms with Gasteiger partial charge in [-0.2, -0.15) is 0 Å². The van der Waals surface area contributed by atoms with Crippen molar-refractivity contribution in [1.82, 2.24) is 0 Å². The number of benzene rings is 1. The molecule has 2 rings (SSSR count). The van der Waals surface area contributed by atoms with Crippen LogP contribution in [0.1, 0.15) is 19.3 Å². The van der Waals surface area contributed by atoms with Gasteiger partial charge in [0.1, 0.15) is 0 Å². The lowest BCUT2D eigenvalue weighted by molar-refractivity contribution is -0.148. The van der Waals surface area contributed by atoms with Crippen LogP contribution in [0.5, 0.6) is 0 Å². The first-order valence-corrected chi connectivity index (χ1v) is 7.32. The molecular weight excluding hydrogens is 317 g/mol. The Bertz CT molecular complexity index is 544. The van der Waals surface area contributed by atoms with Gasteiger partial charge in [0.05, 0.1) is 22.7 Å². The second kappa shape index (κ2) is 7.11. The molecule has 7 heteroatoms. The maximum absolute atomic E-state index is 12.0. The number of hydrogen-bond acceptors (Lipinski definition) is 3. The molecule has 0 saturated carbocycles. The Hall–Kier alpha value is -1.30. The average Bonchev–Trinajstić information content (AvgIpc) is 2.92. The summed E-state index contributed by atoms with van der Waals surface area (Å²) in [5.74, 6) is -2.29. The highest BCUT2D eigenvalue weighted by Crippen LogP contribution is 2.27. The van der Waals surface area contributed by atoms with Crippen molar-refractivity contribution in [2.45, 2.75) is 25.4 Å². The van der Waals surface area contributed by atoms with Crippen LogP contribution in [0.4, 0.5) is 5.69 Å². The van der Waals surface area contributed by atoms with Crippen molar-refractivity contribution in [1.29, 1.82) is 0 Å². The lowest BCUT2D eigenvalue weighted by Gasteiger charge is -2.18. The van der Waals surface area contributed by atoms with Crippen molar-refractivity contribution in [3.05, 3.63) is 28.2 Å². The Labute approximate surface area is 132 Å². The van der Waals surface area contributed by atoms with Crippen LogP contribution in [0.3, 0.4) is 0 Å². The fourth-order valence-corrected chi connectivity index (χ4v) is 2.75. The summed E-state index contributed by atoms with van der Waals surface area (Å²) in [6, 6.07) is 4.68. The molecule has 1 aliphatic rings. The molecule has 0 unspecified atom stereocenters. The van der Waals surface area contributed by atoms with Crippen LogP contribution in [0.25, 0.3) is 0 Å². The molecule has 0 bridgehead atoms. The standard InChI is InChI=1S/C14H15Cl2NO4/c15-8-3-4-11(10(16)6-8)17-13(18)7-9(14(19)20)12-2-1-5-21-12/h3-4,6,9,12H,1-2,5,7H2,(H,17,18)(H,19,20)/t9-,12-/m1/s1. The van der Waals surface area contributed by atoms with E-state index < -0.39 is 23.9 Å². The quantitative estimate of drug-likeness (QED) is 0.868. The van der Waals surface area contributed by atoms with Gasteiger partial charge in [-0.25, -0.2) is 0 Å². The summed E-state index contributed by atoms with van der Waals surface area (Å²) in [6.45, 7) is 0.541. The van der Waals surface area contributed by atoms with Crippen LogP contribution >= 0.6 is 23.2 Å². The molecule has 5 nitrogen and oxygen atoms in total. The number of carbonyl (C=O) groups is 2. The molecular formula is C14H15Cl2NO4. The maximum atomic E-state index is 12.0.